The van der Waals surface area contributed by atoms with Gasteiger partial charge in [0.15, 0.2) is 0 Å². The second kappa shape index (κ2) is 6.21. The second-order valence-corrected chi connectivity index (χ2v) is 5.92. The third kappa shape index (κ3) is 3.83. The Morgan fingerprint density at radius 3 is 2.83 bits per heavy atom. The average molecular weight is 341 g/mol. The molecule has 0 saturated heterocycles. The molecule has 1 aromatic carbocycles. The van der Waals surface area contributed by atoms with Crippen LogP contribution in [0, 0.1) is 0 Å². The summed E-state index contributed by atoms with van der Waals surface area (Å²) in [5.41, 5.74) is 2.43. The van der Waals surface area contributed by atoms with E-state index in [4.69, 9.17) is 0 Å². The number of nitrogens with one attached hydrogen (secondary N) is 1. The van der Waals surface area contributed by atoms with Crippen LogP contribution >= 0.6 is 11.3 Å². The van der Waals surface area contributed by atoms with Gasteiger partial charge in [-0.3, -0.25) is 0 Å². The molecule has 0 aliphatic heterocycles. The van der Waals surface area contributed by atoms with Crippen LogP contribution in [-0.2, 0) is 6.54 Å². The Morgan fingerprint density at radius 2 is 2.13 bits per heavy atom. The highest BCUT2D eigenvalue weighted by atomic mass is 32.1. The van der Waals surface area contributed by atoms with E-state index in [1.54, 1.807) is 18.2 Å². The van der Waals surface area contributed by atoms with Crippen LogP contribution in [0.25, 0.3) is 11.0 Å². The Balaban J connectivity index is 1.71. The van der Waals surface area contributed by atoms with Gasteiger partial charge in [0.05, 0.1) is 23.5 Å². The molecule has 3 rings (SSSR count). The highest BCUT2D eigenvalue weighted by Gasteiger charge is 2.28. The van der Waals surface area contributed by atoms with E-state index in [1.807, 2.05) is 16.8 Å². The molecule has 0 aliphatic carbocycles. The van der Waals surface area contributed by atoms with Crippen LogP contribution in [-0.4, -0.2) is 27.4 Å². The molecule has 0 fully saturated rings. The van der Waals surface area contributed by atoms with Gasteiger partial charge in [0.1, 0.15) is 6.54 Å². The highest BCUT2D eigenvalue weighted by Crippen LogP contribution is 2.24. The highest BCUT2D eigenvalue weighted by molar-refractivity contribution is 7.07. The summed E-state index contributed by atoms with van der Waals surface area (Å²) in [6, 6.07) is 6.78. The molecule has 1 unspecified atom stereocenters. The molecule has 4 nitrogen and oxygen atoms in total. The van der Waals surface area contributed by atoms with E-state index in [2.05, 4.69) is 10.3 Å². The number of aliphatic hydroxyl groups excluding tert-OH is 1. The molecule has 0 bridgehead atoms. The summed E-state index contributed by atoms with van der Waals surface area (Å²) in [7, 11) is 0. The van der Waals surface area contributed by atoms with Gasteiger partial charge < -0.3 is 15.0 Å². The van der Waals surface area contributed by atoms with Crippen molar-refractivity contribution in [2.75, 3.05) is 11.9 Å². The SMILES string of the molecule is OC(CNc1ccc2c(c1)ncn2CC(F)(F)F)c1ccsc1. The lowest BCUT2D eigenvalue weighted by Crippen LogP contribution is -2.16. The maximum Gasteiger partial charge on any atom is 0.406 e. The lowest BCUT2D eigenvalue weighted by Gasteiger charge is -2.12. The fourth-order valence-corrected chi connectivity index (χ4v) is 3.00. The van der Waals surface area contributed by atoms with E-state index in [0.29, 0.717) is 23.3 Å². The molecular formula is C15H14F3N3OS. The van der Waals surface area contributed by atoms with E-state index in [1.165, 1.54) is 17.7 Å². The second-order valence-electron chi connectivity index (χ2n) is 5.14. The van der Waals surface area contributed by atoms with E-state index in [9.17, 15) is 18.3 Å². The van der Waals surface area contributed by atoms with Crippen LogP contribution in [0.5, 0.6) is 0 Å². The minimum atomic E-state index is -4.28. The van der Waals surface area contributed by atoms with Gasteiger partial charge in [0.25, 0.3) is 0 Å². The molecule has 122 valence electrons. The number of nitrogens with zero attached hydrogens (tertiary/aromatic N) is 2. The molecule has 0 amide bonds. The fraction of sp³-hybridized carbons (Fsp3) is 0.267. The molecule has 0 radical (unpaired) electrons. The number of thiophene rings is 1. The first-order valence-corrected chi connectivity index (χ1v) is 7.82. The minimum absolute atomic E-state index is 0.311. The first-order chi connectivity index (χ1) is 10.9. The molecule has 2 N–H and O–H groups in total. The van der Waals surface area contributed by atoms with Gasteiger partial charge in [0, 0.05) is 12.2 Å². The Labute approximate surface area is 134 Å². The third-order valence-corrected chi connectivity index (χ3v) is 4.10. The summed E-state index contributed by atoms with van der Waals surface area (Å²) in [6.45, 7) is -0.751. The Morgan fingerprint density at radius 1 is 1.30 bits per heavy atom. The standard InChI is InChI=1S/C15H14F3N3OS/c16-15(17,18)8-21-9-20-12-5-11(1-2-13(12)21)19-6-14(22)10-3-4-23-7-10/h1-5,7,9,14,19,22H,6,8H2. The van der Waals surface area contributed by atoms with E-state index >= 15 is 0 Å². The van der Waals surface area contributed by atoms with Crippen molar-refractivity contribution in [1.29, 1.82) is 0 Å². The van der Waals surface area contributed by atoms with Gasteiger partial charge in [-0.2, -0.15) is 24.5 Å². The van der Waals surface area contributed by atoms with Gasteiger partial charge >= 0.3 is 6.18 Å². The van der Waals surface area contributed by atoms with Crippen LogP contribution in [0.1, 0.15) is 11.7 Å². The fourth-order valence-electron chi connectivity index (χ4n) is 2.29. The number of aromatic nitrogens is 2. The van der Waals surface area contributed by atoms with Crippen molar-refractivity contribution in [2.24, 2.45) is 0 Å². The monoisotopic (exact) mass is 341 g/mol. The predicted molar refractivity (Wildman–Crippen MR) is 83.6 cm³/mol. The number of benzene rings is 1. The number of imidazole rings is 1. The maximum absolute atomic E-state index is 12.5. The Hall–Kier alpha value is -2.06. The van der Waals surface area contributed by atoms with Gasteiger partial charge in [-0.1, -0.05) is 0 Å². The zero-order valence-corrected chi connectivity index (χ0v) is 12.7. The van der Waals surface area contributed by atoms with Crippen molar-refractivity contribution in [3.63, 3.8) is 0 Å². The van der Waals surface area contributed by atoms with Gasteiger partial charge in [-0.05, 0) is 40.6 Å². The Kier molecular flexibility index (Phi) is 4.27. The van der Waals surface area contributed by atoms with E-state index in [0.717, 1.165) is 10.1 Å². The first kappa shape index (κ1) is 15.8. The minimum Gasteiger partial charge on any atom is -0.387 e. The summed E-state index contributed by atoms with van der Waals surface area (Å²) in [6.07, 6.45) is -3.74. The summed E-state index contributed by atoms with van der Waals surface area (Å²) in [5.74, 6) is 0. The molecule has 1 atom stereocenters. The molecule has 0 saturated carbocycles. The summed E-state index contributed by atoms with van der Waals surface area (Å²) in [4.78, 5) is 4.00. The lowest BCUT2D eigenvalue weighted by molar-refractivity contribution is -0.139. The van der Waals surface area contributed by atoms with Crippen molar-refractivity contribution in [1.82, 2.24) is 9.55 Å². The van der Waals surface area contributed by atoms with Crippen LogP contribution < -0.4 is 5.32 Å². The number of hydrogen-bond acceptors (Lipinski definition) is 4. The third-order valence-electron chi connectivity index (χ3n) is 3.40. The first-order valence-electron chi connectivity index (χ1n) is 6.88. The largest absolute Gasteiger partial charge is 0.406 e. The van der Waals surface area contributed by atoms with Crippen LogP contribution in [0.4, 0.5) is 18.9 Å². The number of hydrogen-bond donors (Lipinski definition) is 2. The van der Waals surface area contributed by atoms with Gasteiger partial charge in [-0.25, -0.2) is 4.98 Å². The van der Waals surface area contributed by atoms with Crippen molar-refractivity contribution >= 4 is 28.1 Å². The zero-order valence-electron chi connectivity index (χ0n) is 11.9. The van der Waals surface area contributed by atoms with Gasteiger partial charge in [-0.15, -0.1) is 0 Å². The maximum atomic E-state index is 12.5. The van der Waals surface area contributed by atoms with Crippen LogP contribution in [0.15, 0.2) is 41.4 Å². The van der Waals surface area contributed by atoms with Crippen LogP contribution in [0.3, 0.4) is 0 Å². The van der Waals surface area contributed by atoms with Crippen molar-refractivity contribution in [3.05, 3.63) is 46.9 Å². The topological polar surface area (TPSA) is 50.1 Å². The number of aliphatic hydroxyl groups is 1. The molecule has 23 heavy (non-hydrogen) atoms. The molecule has 8 heteroatoms. The van der Waals surface area contributed by atoms with Crippen molar-refractivity contribution < 1.29 is 18.3 Å². The zero-order chi connectivity index (χ0) is 16.4. The lowest BCUT2D eigenvalue weighted by atomic mass is 10.2. The smallest absolute Gasteiger partial charge is 0.387 e. The van der Waals surface area contributed by atoms with Gasteiger partial charge in [0.2, 0.25) is 0 Å². The summed E-state index contributed by atoms with van der Waals surface area (Å²) >= 11 is 1.51. The molecule has 0 spiro atoms. The predicted octanol–water partition coefficient (Wildman–Crippen LogP) is 3.81. The molecule has 3 aromatic rings. The number of halogens is 3. The molecular weight excluding hydrogens is 327 g/mol. The number of anilines is 1. The normalized spacial score (nSPS) is 13.4. The average Bonchev–Trinajstić information content (AvgIpc) is 3.13. The van der Waals surface area contributed by atoms with Crippen molar-refractivity contribution in [3.8, 4) is 0 Å². The van der Waals surface area contributed by atoms with Crippen LogP contribution in [0.2, 0.25) is 0 Å². The number of rotatable bonds is 5. The molecule has 2 aromatic heterocycles. The summed E-state index contributed by atoms with van der Waals surface area (Å²) in [5, 5.41) is 16.8. The quantitative estimate of drug-likeness (QED) is 0.742. The Bertz CT molecular complexity index is 783. The van der Waals surface area contributed by atoms with E-state index < -0.39 is 18.8 Å². The van der Waals surface area contributed by atoms with Crippen molar-refractivity contribution in [2.45, 2.75) is 18.8 Å². The van der Waals surface area contributed by atoms with E-state index in [-0.39, 0.29) is 0 Å². The number of alkyl halides is 3. The summed E-state index contributed by atoms with van der Waals surface area (Å²) < 4.78 is 38.5. The molecule has 2 heterocycles. The molecule has 0 aliphatic rings. The number of fused-ring (bicyclic) bond motifs is 1.